The predicted octanol–water partition coefficient (Wildman–Crippen LogP) is 3.39. The van der Waals surface area contributed by atoms with Crippen LogP contribution in [0.1, 0.15) is 42.4 Å². The van der Waals surface area contributed by atoms with E-state index in [1.54, 1.807) is 18.2 Å². The molecule has 8 heteroatoms. The highest BCUT2D eigenvalue weighted by Crippen LogP contribution is 2.22. The molecule has 1 aliphatic rings. The highest BCUT2D eigenvalue weighted by Gasteiger charge is 2.25. The van der Waals surface area contributed by atoms with E-state index in [0.29, 0.717) is 11.4 Å². The average Bonchev–Trinajstić information content (AvgIpc) is 3.27. The van der Waals surface area contributed by atoms with Crippen LogP contribution in [0.5, 0.6) is 0 Å². The van der Waals surface area contributed by atoms with Crippen molar-refractivity contribution in [3.05, 3.63) is 59.2 Å². The molecule has 7 nitrogen and oxygen atoms in total. The summed E-state index contributed by atoms with van der Waals surface area (Å²) in [6, 6.07) is 13.0. The molecule has 182 valence electrons. The van der Waals surface area contributed by atoms with Gasteiger partial charge in [0.25, 0.3) is 0 Å². The van der Waals surface area contributed by atoms with Crippen LogP contribution in [-0.2, 0) is 25.2 Å². The van der Waals surface area contributed by atoms with E-state index < -0.39 is 22.6 Å². The lowest BCUT2D eigenvalue weighted by Gasteiger charge is -2.25. The Kier molecular flexibility index (Phi) is 8.98. The van der Waals surface area contributed by atoms with Gasteiger partial charge in [-0.15, -0.1) is 0 Å². The molecule has 2 aromatic rings. The van der Waals surface area contributed by atoms with E-state index in [1.165, 1.54) is 4.90 Å². The van der Waals surface area contributed by atoms with Gasteiger partial charge in [-0.2, -0.15) is 0 Å². The van der Waals surface area contributed by atoms with Crippen molar-refractivity contribution >= 4 is 39.9 Å². The van der Waals surface area contributed by atoms with Crippen LogP contribution in [0.25, 0.3) is 0 Å². The monoisotopic (exact) mass is 483 g/mol. The quantitative estimate of drug-likeness (QED) is 0.572. The van der Waals surface area contributed by atoms with Gasteiger partial charge >= 0.3 is 0 Å². The predicted molar refractivity (Wildman–Crippen MR) is 136 cm³/mol. The summed E-state index contributed by atoms with van der Waals surface area (Å²) < 4.78 is 12.6. The number of amides is 3. The number of carbonyl (C=O) groups is 3. The second kappa shape index (κ2) is 11.9. The van der Waals surface area contributed by atoms with Crippen LogP contribution in [0.15, 0.2) is 42.5 Å². The van der Waals surface area contributed by atoms with Crippen LogP contribution < -0.4 is 15.5 Å². The summed E-state index contributed by atoms with van der Waals surface area (Å²) in [5.41, 5.74) is 4.18. The van der Waals surface area contributed by atoms with E-state index in [-0.39, 0.29) is 30.0 Å². The van der Waals surface area contributed by atoms with E-state index in [0.717, 1.165) is 42.4 Å². The lowest BCUT2D eigenvalue weighted by Crippen LogP contribution is -2.45. The first kappa shape index (κ1) is 25.6. The normalized spacial score (nSPS) is 14.4. The van der Waals surface area contributed by atoms with Gasteiger partial charge in [0.2, 0.25) is 17.7 Å². The molecule has 1 unspecified atom stereocenters. The van der Waals surface area contributed by atoms with Crippen molar-refractivity contribution in [2.45, 2.75) is 52.5 Å². The second-order valence-electron chi connectivity index (χ2n) is 8.96. The van der Waals surface area contributed by atoms with Gasteiger partial charge in [0.1, 0.15) is 18.1 Å². The van der Waals surface area contributed by atoms with Crippen molar-refractivity contribution in [2.75, 3.05) is 28.3 Å². The molecule has 0 spiro atoms. The Labute approximate surface area is 203 Å². The molecule has 1 atom stereocenters. The Morgan fingerprint density at radius 2 is 1.56 bits per heavy atom. The van der Waals surface area contributed by atoms with Crippen molar-refractivity contribution < 1.29 is 18.6 Å². The number of benzene rings is 2. The van der Waals surface area contributed by atoms with Crippen LogP contribution in [0.2, 0.25) is 0 Å². The van der Waals surface area contributed by atoms with Crippen LogP contribution in [0.3, 0.4) is 0 Å². The standard InChI is InChI=1S/C26H33N3O4S/c1-18-8-11-22(12-9-18)28-25(31)16-34(33)17-26(32)29(23-13-10-19(2)14-20(23)3)15-24(30)27-21-6-4-5-7-21/h8-14,21H,4-7,15-17H2,1-3H3,(H,27,30)(H,28,31). The molecule has 3 amide bonds. The summed E-state index contributed by atoms with van der Waals surface area (Å²) >= 11 is 0. The number of rotatable bonds is 9. The van der Waals surface area contributed by atoms with Crippen molar-refractivity contribution in [3.63, 3.8) is 0 Å². The zero-order valence-corrected chi connectivity index (χ0v) is 20.9. The maximum atomic E-state index is 13.2. The Hall–Kier alpha value is -3.00. The molecule has 3 rings (SSSR count). The summed E-state index contributed by atoms with van der Waals surface area (Å²) in [5, 5.41) is 5.71. The van der Waals surface area contributed by atoms with E-state index >= 15 is 0 Å². The molecule has 1 aliphatic carbocycles. The topological polar surface area (TPSA) is 95.6 Å². The zero-order chi connectivity index (χ0) is 24.7. The van der Waals surface area contributed by atoms with Crippen molar-refractivity contribution in [1.29, 1.82) is 0 Å². The number of aryl methyl sites for hydroxylation is 3. The Balaban J connectivity index is 1.65. The van der Waals surface area contributed by atoms with Gasteiger partial charge in [-0.25, -0.2) is 0 Å². The molecule has 0 saturated heterocycles. The van der Waals surface area contributed by atoms with Gasteiger partial charge in [0.15, 0.2) is 0 Å². The van der Waals surface area contributed by atoms with Gasteiger partial charge in [0.05, 0.1) is 0 Å². The first-order valence-corrected chi connectivity index (χ1v) is 13.1. The van der Waals surface area contributed by atoms with Crippen LogP contribution >= 0.6 is 0 Å². The number of hydrogen-bond donors (Lipinski definition) is 2. The molecule has 0 heterocycles. The minimum Gasteiger partial charge on any atom is -0.352 e. The number of carbonyl (C=O) groups excluding carboxylic acids is 3. The maximum absolute atomic E-state index is 13.2. The summed E-state index contributed by atoms with van der Waals surface area (Å²) in [6.45, 7) is 5.63. The van der Waals surface area contributed by atoms with E-state index in [1.807, 2.05) is 45.0 Å². The molecular weight excluding hydrogens is 450 g/mol. The molecule has 0 bridgehead atoms. The minimum atomic E-state index is -1.72. The molecule has 1 fully saturated rings. The fourth-order valence-corrected chi connectivity index (χ4v) is 5.05. The summed E-state index contributed by atoms with van der Waals surface area (Å²) in [4.78, 5) is 39.6. The summed E-state index contributed by atoms with van der Waals surface area (Å²) in [5.74, 6) is -1.75. The Morgan fingerprint density at radius 3 is 2.21 bits per heavy atom. The third-order valence-electron chi connectivity index (χ3n) is 5.88. The molecule has 0 aliphatic heterocycles. The molecule has 0 radical (unpaired) electrons. The van der Waals surface area contributed by atoms with E-state index in [2.05, 4.69) is 10.6 Å². The number of nitrogens with one attached hydrogen (secondary N) is 2. The highest BCUT2D eigenvalue weighted by molar-refractivity contribution is 7.86. The Morgan fingerprint density at radius 1 is 0.912 bits per heavy atom. The largest absolute Gasteiger partial charge is 0.352 e. The molecule has 34 heavy (non-hydrogen) atoms. The molecular formula is C26H33N3O4S. The fourth-order valence-electron chi connectivity index (χ4n) is 4.15. The lowest BCUT2D eigenvalue weighted by atomic mass is 10.1. The lowest BCUT2D eigenvalue weighted by molar-refractivity contribution is -0.123. The van der Waals surface area contributed by atoms with Gasteiger partial charge < -0.3 is 15.5 Å². The van der Waals surface area contributed by atoms with Crippen LogP contribution in [-0.4, -0.2) is 46.0 Å². The fraction of sp³-hybridized carbons (Fsp3) is 0.423. The van der Waals surface area contributed by atoms with E-state index in [9.17, 15) is 18.6 Å². The SMILES string of the molecule is Cc1ccc(NC(=O)CS(=O)CC(=O)N(CC(=O)NC2CCCC2)c2ccc(C)cc2C)cc1. The minimum absolute atomic E-state index is 0.142. The van der Waals surface area contributed by atoms with Gasteiger partial charge in [-0.1, -0.05) is 48.2 Å². The first-order valence-electron chi connectivity index (χ1n) is 11.6. The Bertz CT molecular complexity index is 1060. The smallest absolute Gasteiger partial charge is 0.240 e. The van der Waals surface area contributed by atoms with Gasteiger partial charge in [0, 0.05) is 28.2 Å². The number of hydrogen-bond acceptors (Lipinski definition) is 4. The molecule has 2 aromatic carbocycles. The van der Waals surface area contributed by atoms with Crippen molar-refractivity contribution in [1.82, 2.24) is 5.32 Å². The van der Waals surface area contributed by atoms with Crippen LogP contribution in [0, 0.1) is 20.8 Å². The van der Waals surface area contributed by atoms with E-state index in [4.69, 9.17) is 0 Å². The second-order valence-corrected chi connectivity index (χ2v) is 10.4. The van der Waals surface area contributed by atoms with Crippen LogP contribution in [0.4, 0.5) is 11.4 Å². The molecule has 1 saturated carbocycles. The molecule has 2 N–H and O–H groups in total. The summed E-state index contributed by atoms with van der Waals surface area (Å²) in [7, 11) is -1.72. The summed E-state index contributed by atoms with van der Waals surface area (Å²) in [6.07, 6.45) is 4.08. The third-order valence-corrected chi connectivity index (χ3v) is 7.03. The zero-order valence-electron chi connectivity index (χ0n) is 20.1. The van der Waals surface area contributed by atoms with Crippen molar-refractivity contribution in [2.24, 2.45) is 0 Å². The third kappa shape index (κ3) is 7.52. The number of nitrogens with zero attached hydrogens (tertiary/aromatic N) is 1. The maximum Gasteiger partial charge on any atom is 0.240 e. The van der Waals surface area contributed by atoms with Crippen molar-refractivity contribution in [3.8, 4) is 0 Å². The van der Waals surface area contributed by atoms with Gasteiger partial charge in [-0.05, 0) is 57.4 Å². The first-order chi connectivity index (χ1) is 16.2. The molecule has 0 aromatic heterocycles. The average molecular weight is 484 g/mol. The van der Waals surface area contributed by atoms with Gasteiger partial charge in [-0.3, -0.25) is 18.6 Å². The highest BCUT2D eigenvalue weighted by atomic mass is 32.2. The number of anilines is 2.